The quantitative estimate of drug-likeness (QED) is 0.777. The van der Waals surface area contributed by atoms with Crippen molar-refractivity contribution in [2.75, 3.05) is 26.4 Å². The Bertz CT molecular complexity index is 373. The van der Waals surface area contributed by atoms with Crippen molar-refractivity contribution in [2.45, 2.75) is 12.3 Å². The molecule has 2 nitrogen and oxygen atoms in total. The van der Waals surface area contributed by atoms with E-state index in [4.69, 9.17) is 0 Å². The largest absolute Gasteiger partial charge is 0.319 e. The molecule has 1 aliphatic heterocycles. The molecule has 1 fully saturated rings. The van der Waals surface area contributed by atoms with Gasteiger partial charge in [-0.15, -0.1) is 0 Å². The molecule has 82 valence electrons. The SMILES string of the molecule is CP(C)(=O)c1ccc(C2CCNC2)cc1. The Morgan fingerprint density at radius 2 is 1.93 bits per heavy atom. The van der Waals surface area contributed by atoms with Gasteiger partial charge in [0.25, 0.3) is 0 Å². The van der Waals surface area contributed by atoms with Crippen LogP contribution in [0.3, 0.4) is 0 Å². The number of hydrogen-bond donors (Lipinski definition) is 1. The van der Waals surface area contributed by atoms with Crippen molar-refractivity contribution in [2.24, 2.45) is 0 Å². The summed E-state index contributed by atoms with van der Waals surface area (Å²) < 4.78 is 11.8. The summed E-state index contributed by atoms with van der Waals surface area (Å²) >= 11 is 0. The second-order valence-corrected chi connectivity index (χ2v) is 7.85. The summed E-state index contributed by atoms with van der Waals surface area (Å²) in [5.41, 5.74) is 1.37. The lowest BCUT2D eigenvalue weighted by atomic mass is 9.99. The monoisotopic (exact) mass is 223 g/mol. The Morgan fingerprint density at radius 3 is 2.40 bits per heavy atom. The van der Waals surface area contributed by atoms with Crippen molar-refractivity contribution >= 4 is 12.4 Å². The molecule has 0 spiro atoms. The van der Waals surface area contributed by atoms with Gasteiger partial charge in [-0.3, -0.25) is 0 Å². The summed E-state index contributed by atoms with van der Waals surface area (Å²) in [5, 5.41) is 4.34. The van der Waals surface area contributed by atoms with E-state index in [-0.39, 0.29) is 0 Å². The molecular formula is C12H18NOP. The van der Waals surface area contributed by atoms with Gasteiger partial charge in [0.15, 0.2) is 0 Å². The van der Waals surface area contributed by atoms with Crippen LogP contribution in [-0.4, -0.2) is 26.4 Å². The number of benzene rings is 1. The Balaban J connectivity index is 2.20. The van der Waals surface area contributed by atoms with Crippen molar-refractivity contribution in [1.29, 1.82) is 0 Å². The molecule has 0 aromatic heterocycles. The molecular weight excluding hydrogens is 205 g/mol. The van der Waals surface area contributed by atoms with E-state index in [1.165, 1.54) is 12.0 Å². The number of nitrogens with one attached hydrogen (secondary N) is 1. The third-order valence-electron chi connectivity index (χ3n) is 3.05. The smallest absolute Gasteiger partial charge is 0.109 e. The Morgan fingerprint density at radius 1 is 1.27 bits per heavy atom. The van der Waals surface area contributed by atoms with E-state index >= 15 is 0 Å². The first-order valence-electron chi connectivity index (χ1n) is 5.43. The van der Waals surface area contributed by atoms with E-state index in [9.17, 15) is 4.57 Å². The molecule has 1 N–H and O–H groups in total. The molecule has 1 unspecified atom stereocenters. The van der Waals surface area contributed by atoms with Crippen molar-refractivity contribution in [3.05, 3.63) is 29.8 Å². The third-order valence-corrected chi connectivity index (χ3v) is 4.59. The average molecular weight is 223 g/mol. The van der Waals surface area contributed by atoms with Crippen LogP contribution < -0.4 is 10.6 Å². The van der Waals surface area contributed by atoms with Crippen LogP contribution in [0.4, 0.5) is 0 Å². The fraction of sp³-hybridized carbons (Fsp3) is 0.500. The topological polar surface area (TPSA) is 29.1 Å². The Labute approximate surface area is 91.5 Å². The predicted molar refractivity (Wildman–Crippen MR) is 65.8 cm³/mol. The van der Waals surface area contributed by atoms with Gasteiger partial charge in [-0.1, -0.05) is 24.3 Å². The molecule has 2 rings (SSSR count). The van der Waals surface area contributed by atoms with Gasteiger partial charge < -0.3 is 9.88 Å². The van der Waals surface area contributed by atoms with E-state index < -0.39 is 7.14 Å². The van der Waals surface area contributed by atoms with Gasteiger partial charge in [-0.2, -0.15) is 0 Å². The van der Waals surface area contributed by atoms with Crippen LogP contribution >= 0.6 is 7.14 Å². The van der Waals surface area contributed by atoms with Crippen LogP contribution in [0.25, 0.3) is 0 Å². The van der Waals surface area contributed by atoms with Gasteiger partial charge in [0, 0.05) is 11.8 Å². The summed E-state index contributed by atoms with van der Waals surface area (Å²) in [4.78, 5) is 0. The molecule has 1 aliphatic rings. The lowest BCUT2D eigenvalue weighted by Crippen LogP contribution is -2.09. The zero-order chi connectivity index (χ0) is 10.9. The fourth-order valence-corrected chi connectivity index (χ4v) is 2.91. The second kappa shape index (κ2) is 4.11. The first kappa shape index (κ1) is 10.9. The number of hydrogen-bond acceptors (Lipinski definition) is 2. The van der Waals surface area contributed by atoms with Crippen LogP contribution in [0.2, 0.25) is 0 Å². The van der Waals surface area contributed by atoms with E-state index in [0.29, 0.717) is 5.92 Å². The maximum Gasteiger partial charge on any atom is 0.109 e. The minimum Gasteiger partial charge on any atom is -0.319 e. The van der Waals surface area contributed by atoms with Gasteiger partial charge in [0.05, 0.1) is 0 Å². The summed E-state index contributed by atoms with van der Waals surface area (Å²) in [6, 6.07) is 8.31. The predicted octanol–water partition coefficient (Wildman–Crippen LogP) is 2.01. The lowest BCUT2D eigenvalue weighted by Gasteiger charge is -2.11. The highest BCUT2D eigenvalue weighted by Gasteiger charge is 2.17. The Hall–Kier alpha value is -0.590. The van der Waals surface area contributed by atoms with Gasteiger partial charge in [-0.25, -0.2) is 0 Å². The van der Waals surface area contributed by atoms with Crippen molar-refractivity contribution < 1.29 is 4.57 Å². The fourth-order valence-electron chi connectivity index (χ4n) is 2.04. The molecule has 0 amide bonds. The van der Waals surface area contributed by atoms with Crippen molar-refractivity contribution in [1.82, 2.24) is 5.32 Å². The maximum absolute atomic E-state index is 11.8. The third kappa shape index (κ3) is 2.50. The summed E-state index contributed by atoms with van der Waals surface area (Å²) in [6.07, 6.45) is 1.22. The zero-order valence-corrected chi connectivity index (χ0v) is 10.3. The highest BCUT2D eigenvalue weighted by molar-refractivity contribution is 7.70. The van der Waals surface area contributed by atoms with Crippen LogP contribution in [-0.2, 0) is 4.57 Å². The molecule has 0 bridgehead atoms. The molecule has 1 atom stereocenters. The van der Waals surface area contributed by atoms with E-state index in [1.54, 1.807) is 0 Å². The molecule has 0 aliphatic carbocycles. The van der Waals surface area contributed by atoms with Gasteiger partial charge >= 0.3 is 0 Å². The first-order valence-corrected chi connectivity index (χ1v) is 8.04. The summed E-state index contributed by atoms with van der Waals surface area (Å²) in [5.74, 6) is 0.646. The van der Waals surface area contributed by atoms with Crippen LogP contribution in [0, 0.1) is 0 Å². The van der Waals surface area contributed by atoms with Crippen molar-refractivity contribution in [3.63, 3.8) is 0 Å². The Kier molecular flexibility index (Phi) is 2.99. The van der Waals surface area contributed by atoms with Crippen LogP contribution in [0.15, 0.2) is 24.3 Å². The molecule has 1 aromatic carbocycles. The molecule has 0 radical (unpaired) electrons. The normalized spacial score (nSPS) is 21.9. The zero-order valence-electron chi connectivity index (χ0n) is 9.36. The van der Waals surface area contributed by atoms with Crippen LogP contribution in [0.5, 0.6) is 0 Å². The highest BCUT2D eigenvalue weighted by atomic mass is 31.2. The molecule has 1 heterocycles. The van der Waals surface area contributed by atoms with Gasteiger partial charge in [0.2, 0.25) is 0 Å². The molecule has 1 aromatic rings. The van der Waals surface area contributed by atoms with E-state index in [0.717, 1.165) is 18.4 Å². The first-order chi connectivity index (χ1) is 7.07. The lowest BCUT2D eigenvalue weighted by molar-refractivity contribution is 0.588. The second-order valence-electron chi connectivity index (χ2n) is 4.63. The van der Waals surface area contributed by atoms with Gasteiger partial charge in [0.1, 0.15) is 7.14 Å². The van der Waals surface area contributed by atoms with E-state index in [1.807, 2.05) is 25.5 Å². The molecule has 15 heavy (non-hydrogen) atoms. The number of rotatable bonds is 2. The van der Waals surface area contributed by atoms with Crippen molar-refractivity contribution in [3.8, 4) is 0 Å². The highest BCUT2D eigenvalue weighted by Crippen LogP contribution is 2.35. The average Bonchev–Trinajstić information content (AvgIpc) is 2.69. The minimum absolute atomic E-state index is 0.646. The minimum atomic E-state index is -2.09. The molecule has 1 saturated heterocycles. The maximum atomic E-state index is 11.8. The standard InChI is InChI=1S/C12H18NOP/c1-15(2,14)12-5-3-10(4-6-12)11-7-8-13-9-11/h3-6,11,13H,7-9H2,1-2H3. The summed E-state index contributed by atoms with van der Waals surface area (Å²) in [7, 11) is -2.09. The van der Waals surface area contributed by atoms with Crippen LogP contribution in [0.1, 0.15) is 17.9 Å². The molecule has 0 saturated carbocycles. The van der Waals surface area contributed by atoms with E-state index in [2.05, 4.69) is 17.4 Å². The van der Waals surface area contributed by atoms with Gasteiger partial charge in [-0.05, 0) is 37.8 Å². The molecule has 3 heteroatoms. The summed E-state index contributed by atoms with van der Waals surface area (Å²) in [6.45, 7) is 5.83.